The van der Waals surface area contributed by atoms with E-state index < -0.39 is 0 Å². The van der Waals surface area contributed by atoms with Crippen LogP contribution in [0.1, 0.15) is 31.9 Å². The maximum atomic E-state index is 11.9. The smallest absolute Gasteiger partial charge is 0.242 e. The highest BCUT2D eigenvalue weighted by molar-refractivity contribution is 5.86. The summed E-state index contributed by atoms with van der Waals surface area (Å²) in [5.41, 5.74) is 2.40. The number of carbonyl (C=O) groups is 1. The summed E-state index contributed by atoms with van der Waals surface area (Å²) in [7, 11) is 1.96. The van der Waals surface area contributed by atoms with Crippen molar-refractivity contribution in [3.05, 3.63) is 29.8 Å². The molecule has 2 unspecified atom stereocenters. The molecule has 1 aliphatic rings. The van der Waals surface area contributed by atoms with E-state index in [9.17, 15) is 4.79 Å². The van der Waals surface area contributed by atoms with E-state index >= 15 is 0 Å². The molecule has 4 nitrogen and oxygen atoms in total. The minimum Gasteiger partial charge on any atom is -0.358 e. The van der Waals surface area contributed by atoms with E-state index in [0.717, 1.165) is 25.2 Å². The quantitative estimate of drug-likeness (QED) is 0.867. The molecular weight excluding hydrogens is 238 g/mol. The van der Waals surface area contributed by atoms with E-state index in [1.165, 1.54) is 5.56 Å². The van der Waals surface area contributed by atoms with Crippen LogP contribution in [-0.2, 0) is 4.79 Å². The number of nitrogens with zero attached hydrogens (tertiary/aromatic N) is 1. The molecule has 1 heterocycles. The van der Waals surface area contributed by atoms with Crippen molar-refractivity contribution in [3.8, 4) is 0 Å². The van der Waals surface area contributed by atoms with E-state index in [1.54, 1.807) is 0 Å². The second-order valence-electron chi connectivity index (χ2n) is 5.01. The Balaban J connectivity index is 2.18. The van der Waals surface area contributed by atoms with Gasteiger partial charge in [0.1, 0.15) is 6.04 Å². The van der Waals surface area contributed by atoms with Crippen molar-refractivity contribution in [3.63, 3.8) is 0 Å². The van der Waals surface area contributed by atoms with Crippen molar-refractivity contribution in [2.75, 3.05) is 25.0 Å². The Kier molecular flexibility index (Phi) is 4.43. The van der Waals surface area contributed by atoms with Gasteiger partial charge in [-0.3, -0.25) is 4.79 Å². The number of hydrogen-bond acceptors (Lipinski definition) is 3. The molecule has 1 aromatic rings. The fourth-order valence-electron chi connectivity index (χ4n) is 2.55. The number of nitrogens with one attached hydrogen (secondary N) is 2. The van der Waals surface area contributed by atoms with Gasteiger partial charge in [-0.25, -0.2) is 0 Å². The summed E-state index contributed by atoms with van der Waals surface area (Å²) in [6.07, 6.45) is 0.834. The van der Waals surface area contributed by atoms with Crippen LogP contribution < -0.4 is 15.5 Å². The molecule has 2 N–H and O–H groups in total. The van der Waals surface area contributed by atoms with Gasteiger partial charge < -0.3 is 15.5 Å². The van der Waals surface area contributed by atoms with Crippen LogP contribution in [0.4, 0.5) is 5.69 Å². The van der Waals surface area contributed by atoms with Crippen molar-refractivity contribution in [1.29, 1.82) is 0 Å². The largest absolute Gasteiger partial charge is 0.358 e. The van der Waals surface area contributed by atoms with E-state index in [4.69, 9.17) is 0 Å². The van der Waals surface area contributed by atoms with Crippen molar-refractivity contribution in [2.45, 2.75) is 32.4 Å². The zero-order chi connectivity index (χ0) is 13.8. The van der Waals surface area contributed by atoms with Gasteiger partial charge in [-0.05, 0) is 38.1 Å². The number of anilines is 1. The summed E-state index contributed by atoms with van der Waals surface area (Å²) >= 11 is 0. The summed E-state index contributed by atoms with van der Waals surface area (Å²) in [6.45, 7) is 5.80. The van der Waals surface area contributed by atoms with Crippen molar-refractivity contribution in [2.24, 2.45) is 0 Å². The van der Waals surface area contributed by atoms with Gasteiger partial charge in [-0.2, -0.15) is 0 Å². The van der Waals surface area contributed by atoms with Crippen molar-refractivity contribution in [1.82, 2.24) is 10.6 Å². The number of rotatable bonds is 4. The maximum Gasteiger partial charge on any atom is 0.242 e. The molecule has 0 saturated carbocycles. The molecule has 1 saturated heterocycles. The lowest BCUT2D eigenvalue weighted by Crippen LogP contribution is -2.55. The number of benzene rings is 1. The molecule has 1 aromatic carbocycles. The van der Waals surface area contributed by atoms with Crippen molar-refractivity contribution >= 4 is 11.6 Å². The first-order chi connectivity index (χ1) is 9.17. The van der Waals surface area contributed by atoms with Crippen LogP contribution in [0.15, 0.2) is 24.3 Å². The fourth-order valence-corrected chi connectivity index (χ4v) is 2.55. The third kappa shape index (κ3) is 2.89. The Morgan fingerprint density at radius 2 is 2.11 bits per heavy atom. The number of piperazine rings is 1. The molecule has 2 rings (SSSR count). The second kappa shape index (κ2) is 6.06. The van der Waals surface area contributed by atoms with Gasteiger partial charge in [0, 0.05) is 24.8 Å². The first kappa shape index (κ1) is 13.9. The van der Waals surface area contributed by atoms with Gasteiger partial charge in [-0.1, -0.05) is 19.1 Å². The molecule has 0 bridgehead atoms. The molecule has 2 atom stereocenters. The zero-order valence-corrected chi connectivity index (χ0v) is 11.9. The van der Waals surface area contributed by atoms with Crippen LogP contribution in [0.3, 0.4) is 0 Å². The van der Waals surface area contributed by atoms with Gasteiger partial charge in [0.15, 0.2) is 0 Å². The Morgan fingerprint density at radius 1 is 1.42 bits per heavy atom. The van der Waals surface area contributed by atoms with E-state index in [0.29, 0.717) is 6.04 Å². The molecule has 19 heavy (non-hydrogen) atoms. The molecule has 1 amide bonds. The number of carbonyl (C=O) groups excluding carboxylic acids is 1. The predicted molar refractivity (Wildman–Crippen MR) is 78.4 cm³/mol. The zero-order valence-electron chi connectivity index (χ0n) is 11.9. The molecule has 0 spiro atoms. The normalized spacial score (nSPS) is 21.1. The van der Waals surface area contributed by atoms with Gasteiger partial charge in [-0.15, -0.1) is 0 Å². The van der Waals surface area contributed by atoms with E-state index in [1.807, 2.05) is 7.05 Å². The monoisotopic (exact) mass is 261 g/mol. The minimum absolute atomic E-state index is 0.0404. The van der Waals surface area contributed by atoms with Crippen LogP contribution in [0, 0.1) is 0 Å². The molecule has 1 aliphatic heterocycles. The Bertz CT molecular complexity index is 430. The highest BCUT2D eigenvalue weighted by Gasteiger charge is 2.27. The first-order valence-corrected chi connectivity index (χ1v) is 6.99. The first-order valence-electron chi connectivity index (χ1n) is 6.99. The fraction of sp³-hybridized carbons (Fsp3) is 0.533. The minimum atomic E-state index is -0.0404. The van der Waals surface area contributed by atoms with Crippen LogP contribution >= 0.6 is 0 Å². The van der Waals surface area contributed by atoms with Gasteiger partial charge in [0.05, 0.1) is 0 Å². The average Bonchev–Trinajstić information content (AvgIpc) is 2.46. The summed E-state index contributed by atoms with van der Waals surface area (Å²) in [5, 5.41) is 6.16. The third-order valence-electron chi connectivity index (χ3n) is 3.88. The Hall–Kier alpha value is -1.55. The van der Waals surface area contributed by atoms with Crippen LogP contribution in [0.2, 0.25) is 0 Å². The average molecular weight is 261 g/mol. The summed E-state index contributed by atoms with van der Waals surface area (Å²) in [5.74, 6) is 0.140. The SMILES string of the molecule is CCC1C(=O)NCCN1c1ccc(C(C)NC)cc1. The number of hydrogen-bond donors (Lipinski definition) is 2. The topological polar surface area (TPSA) is 44.4 Å². The lowest BCUT2D eigenvalue weighted by molar-refractivity contribution is -0.123. The Labute approximate surface area is 115 Å². The summed E-state index contributed by atoms with van der Waals surface area (Å²) in [4.78, 5) is 14.1. The molecule has 1 fully saturated rings. The highest BCUT2D eigenvalue weighted by atomic mass is 16.2. The molecule has 4 heteroatoms. The van der Waals surface area contributed by atoms with Crippen molar-refractivity contribution < 1.29 is 4.79 Å². The molecule has 0 aromatic heterocycles. The van der Waals surface area contributed by atoms with Crippen LogP contribution in [0.25, 0.3) is 0 Å². The van der Waals surface area contributed by atoms with Crippen LogP contribution in [-0.4, -0.2) is 32.1 Å². The standard InChI is InChI=1S/C15H23N3O/c1-4-14-15(19)17-9-10-18(14)13-7-5-12(6-8-13)11(2)16-3/h5-8,11,14,16H,4,9-10H2,1-3H3,(H,17,19). The van der Waals surface area contributed by atoms with Gasteiger partial charge >= 0.3 is 0 Å². The summed E-state index contributed by atoms with van der Waals surface area (Å²) in [6, 6.07) is 8.81. The molecule has 104 valence electrons. The Morgan fingerprint density at radius 3 is 2.68 bits per heavy atom. The van der Waals surface area contributed by atoms with E-state index in [-0.39, 0.29) is 11.9 Å². The molecular formula is C15H23N3O. The highest BCUT2D eigenvalue weighted by Crippen LogP contribution is 2.23. The third-order valence-corrected chi connectivity index (χ3v) is 3.88. The van der Waals surface area contributed by atoms with Crippen LogP contribution in [0.5, 0.6) is 0 Å². The lowest BCUT2D eigenvalue weighted by Gasteiger charge is -2.36. The predicted octanol–water partition coefficient (Wildman–Crippen LogP) is 1.68. The maximum absolute atomic E-state index is 11.9. The molecule has 0 radical (unpaired) electrons. The van der Waals surface area contributed by atoms with Gasteiger partial charge in [0.25, 0.3) is 0 Å². The lowest BCUT2D eigenvalue weighted by atomic mass is 10.1. The number of amides is 1. The van der Waals surface area contributed by atoms with E-state index in [2.05, 4.69) is 53.6 Å². The summed E-state index contributed by atoms with van der Waals surface area (Å²) < 4.78 is 0. The molecule has 0 aliphatic carbocycles. The van der Waals surface area contributed by atoms with Gasteiger partial charge in [0.2, 0.25) is 5.91 Å². The second-order valence-corrected chi connectivity index (χ2v) is 5.01.